The van der Waals surface area contributed by atoms with Gasteiger partial charge in [0, 0.05) is 23.5 Å². The van der Waals surface area contributed by atoms with Crippen molar-refractivity contribution in [3.63, 3.8) is 0 Å². The molecule has 2 unspecified atom stereocenters. The van der Waals surface area contributed by atoms with E-state index < -0.39 is 0 Å². The average molecular weight is 279 g/mol. The summed E-state index contributed by atoms with van der Waals surface area (Å²) in [5.74, 6) is 0. The van der Waals surface area contributed by atoms with Crippen molar-refractivity contribution in [3.8, 4) is 0 Å². The number of rotatable bonds is 3. The molecule has 19 heavy (non-hydrogen) atoms. The van der Waals surface area contributed by atoms with Crippen LogP contribution in [0.4, 0.5) is 0 Å². The van der Waals surface area contributed by atoms with E-state index >= 15 is 0 Å². The monoisotopic (exact) mass is 278 g/mol. The highest BCUT2D eigenvalue weighted by Crippen LogP contribution is 2.27. The number of benzene rings is 1. The Morgan fingerprint density at radius 2 is 2.26 bits per heavy atom. The van der Waals surface area contributed by atoms with Crippen LogP contribution in [0.1, 0.15) is 18.2 Å². The number of ether oxygens (including phenoxy) is 1. The number of nitrogens with zero attached hydrogens (tertiary/aromatic N) is 1. The Labute approximate surface area is 117 Å². The van der Waals surface area contributed by atoms with Gasteiger partial charge in [0.2, 0.25) is 0 Å². The van der Waals surface area contributed by atoms with E-state index in [0.29, 0.717) is 6.47 Å². The van der Waals surface area contributed by atoms with Crippen molar-refractivity contribution in [2.45, 2.75) is 25.5 Å². The fourth-order valence-corrected chi connectivity index (χ4v) is 2.45. The van der Waals surface area contributed by atoms with Gasteiger partial charge in [-0.15, -0.1) is 12.4 Å². The second kappa shape index (κ2) is 5.45. The van der Waals surface area contributed by atoms with Crippen LogP contribution in [0.15, 0.2) is 29.3 Å². The SMILES string of the molecule is CC(OC=O)C1Cc2c([nH]c3ccccc23)C=N1.Cl. The van der Waals surface area contributed by atoms with Crippen LogP contribution in [-0.2, 0) is 16.0 Å². The summed E-state index contributed by atoms with van der Waals surface area (Å²) in [6.45, 7) is 2.36. The molecule has 3 rings (SSSR count). The molecule has 0 bridgehead atoms. The maximum atomic E-state index is 10.4. The minimum Gasteiger partial charge on any atom is -0.463 e. The number of aromatic amines is 1. The minimum atomic E-state index is -0.194. The van der Waals surface area contributed by atoms with Crippen LogP contribution in [0, 0.1) is 0 Å². The topological polar surface area (TPSA) is 54.5 Å². The summed E-state index contributed by atoms with van der Waals surface area (Å²) in [6, 6.07) is 8.20. The van der Waals surface area contributed by atoms with Crippen molar-refractivity contribution in [1.29, 1.82) is 0 Å². The summed E-state index contributed by atoms with van der Waals surface area (Å²) in [4.78, 5) is 18.2. The van der Waals surface area contributed by atoms with Crippen molar-refractivity contribution < 1.29 is 9.53 Å². The highest BCUT2D eigenvalue weighted by atomic mass is 35.5. The quantitative estimate of drug-likeness (QED) is 0.877. The molecule has 5 heteroatoms. The zero-order valence-electron chi connectivity index (χ0n) is 10.5. The molecule has 2 heterocycles. The minimum absolute atomic E-state index is 0. The zero-order chi connectivity index (χ0) is 12.5. The van der Waals surface area contributed by atoms with Crippen molar-refractivity contribution in [3.05, 3.63) is 35.5 Å². The number of hydrogen-bond acceptors (Lipinski definition) is 3. The number of para-hydroxylation sites is 1. The molecule has 1 aliphatic heterocycles. The van der Waals surface area contributed by atoms with E-state index in [4.69, 9.17) is 4.74 Å². The summed E-state index contributed by atoms with van der Waals surface area (Å²) in [7, 11) is 0. The van der Waals surface area contributed by atoms with Crippen LogP contribution in [0.3, 0.4) is 0 Å². The van der Waals surface area contributed by atoms with Crippen LogP contribution in [0.5, 0.6) is 0 Å². The second-order valence-electron chi connectivity index (χ2n) is 4.55. The van der Waals surface area contributed by atoms with Gasteiger partial charge in [-0.25, -0.2) is 0 Å². The summed E-state index contributed by atoms with van der Waals surface area (Å²) in [5.41, 5.74) is 3.44. The lowest BCUT2D eigenvalue weighted by molar-refractivity contribution is -0.133. The maximum Gasteiger partial charge on any atom is 0.293 e. The number of H-pyrrole nitrogens is 1. The molecule has 0 radical (unpaired) electrons. The van der Waals surface area contributed by atoms with Gasteiger partial charge >= 0.3 is 0 Å². The first-order valence-corrected chi connectivity index (χ1v) is 6.01. The number of fused-ring (bicyclic) bond motifs is 3. The number of hydrogen-bond donors (Lipinski definition) is 1. The molecule has 0 spiro atoms. The van der Waals surface area contributed by atoms with Crippen LogP contribution in [0.25, 0.3) is 10.9 Å². The van der Waals surface area contributed by atoms with Crippen molar-refractivity contribution in [1.82, 2.24) is 4.98 Å². The van der Waals surface area contributed by atoms with Gasteiger partial charge in [0.15, 0.2) is 0 Å². The van der Waals surface area contributed by atoms with Gasteiger partial charge in [-0.2, -0.15) is 0 Å². The van der Waals surface area contributed by atoms with E-state index in [0.717, 1.165) is 17.6 Å². The summed E-state index contributed by atoms with van der Waals surface area (Å²) in [5, 5.41) is 1.22. The number of carbonyl (C=O) groups excluding carboxylic acids is 1. The first-order valence-electron chi connectivity index (χ1n) is 6.01. The van der Waals surface area contributed by atoms with Gasteiger partial charge in [-0.05, 0) is 18.6 Å². The first-order chi connectivity index (χ1) is 8.79. The molecule has 1 N–H and O–H groups in total. The normalized spacial score (nSPS) is 18.5. The highest BCUT2D eigenvalue weighted by molar-refractivity contribution is 5.94. The van der Waals surface area contributed by atoms with E-state index in [9.17, 15) is 4.79 Å². The molecule has 1 aromatic heterocycles. The van der Waals surface area contributed by atoms with Crippen molar-refractivity contribution in [2.75, 3.05) is 0 Å². The largest absolute Gasteiger partial charge is 0.463 e. The molecular weight excluding hydrogens is 264 g/mol. The number of aliphatic imine (C=N–C) groups is 1. The molecular formula is C14H15ClN2O2. The van der Waals surface area contributed by atoms with E-state index in [1.54, 1.807) is 0 Å². The van der Waals surface area contributed by atoms with E-state index in [-0.39, 0.29) is 24.6 Å². The highest BCUT2D eigenvalue weighted by Gasteiger charge is 2.24. The predicted molar refractivity (Wildman–Crippen MR) is 77.2 cm³/mol. The fourth-order valence-electron chi connectivity index (χ4n) is 2.45. The molecule has 0 saturated carbocycles. The van der Waals surface area contributed by atoms with Gasteiger partial charge in [0.25, 0.3) is 6.47 Å². The number of aromatic nitrogens is 1. The fraction of sp³-hybridized carbons (Fsp3) is 0.286. The van der Waals surface area contributed by atoms with Crippen molar-refractivity contribution in [2.24, 2.45) is 4.99 Å². The first kappa shape index (κ1) is 13.6. The van der Waals surface area contributed by atoms with Gasteiger partial charge < -0.3 is 9.72 Å². The molecule has 1 aromatic carbocycles. The lowest BCUT2D eigenvalue weighted by Gasteiger charge is -2.21. The van der Waals surface area contributed by atoms with Crippen molar-refractivity contribution >= 4 is 36.0 Å². The standard InChI is InChI=1S/C14H14N2O2.ClH/c1-9(18-8-17)13-6-11-10-4-2-3-5-12(10)16-14(11)7-15-13;/h2-5,7-9,13,16H,6H2,1H3;1H. The Morgan fingerprint density at radius 3 is 3.05 bits per heavy atom. The zero-order valence-corrected chi connectivity index (χ0v) is 11.3. The third-order valence-electron chi connectivity index (χ3n) is 3.47. The molecule has 0 amide bonds. The number of carbonyl (C=O) groups is 1. The second-order valence-corrected chi connectivity index (χ2v) is 4.55. The van der Waals surface area contributed by atoms with E-state index in [2.05, 4.69) is 22.1 Å². The van der Waals surface area contributed by atoms with Gasteiger partial charge in [0.1, 0.15) is 6.10 Å². The van der Waals surface area contributed by atoms with E-state index in [1.165, 1.54) is 10.9 Å². The Balaban J connectivity index is 0.00000133. The predicted octanol–water partition coefficient (Wildman–Crippen LogP) is 2.49. The van der Waals surface area contributed by atoms with Crippen LogP contribution in [0.2, 0.25) is 0 Å². The van der Waals surface area contributed by atoms with Gasteiger partial charge in [-0.3, -0.25) is 9.79 Å². The summed E-state index contributed by atoms with van der Waals surface area (Å²) < 4.78 is 4.98. The third-order valence-corrected chi connectivity index (χ3v) is 3.47. The Kier molecular flexibility index (Phi) is 3.90. The number of halogens is 1. The average Bonchev–Trinajstić information content (AvgIpc) is 2.76. The Hall–Kier alpha value is -1.81. The molecule has 0 aliphatic carbocycles. The molecule has 2 atom stereocenters. The van der Waals surface area contributed by atoms with Crippen LogP contribution in [-0.4, -0.2) is 29.8 Å². The Bertz CT molecular complexity index is 621. The molecule has 4 nitrogen and oxygen atoms in total. The number of nitrogens with one attached hydrogen (secondary N) is 1. The van der Waals surface area contributed by atoms with Gasteiger partial charge in [0.05, 0.1) is 11.7 Å². The Morgan fingerprint density at radius 1 is 1.47 bits per heavy atom. The summed E-state index contributed by atoms with van der Waals surface area (Å²) >= 11 is 0. The molecule has 2 aromatic rings. The molecule has 0 fully saturated rings. The molecule has 0 saturated heterocycles. The van der Waals surface area contributed by atoms with E-state index in [1.807, 2.05) is 25.3 Å². The molecule has 1 aliphatic rings. The lowest BCUT2D eigenvalue weighted by Crippen LogP contribution is -2.28. The summed E-state index contributed by atoms with van der Waals surface area (Å²) in [6.07, 6.45) is 2.44. The third kappa shape index (κ3) is 2.36. The van der Waals surface area contributed by atoms with Crippen LogP contribution >= 0.6 is 12.4 Å². The van der Waals surface area contributed by atoms with Crippen LogP contribution < -0.4 is 0 Å². The maximum absolute atomic E-state index is 10.4. The molecule has 100 valence electrons. The lowest BCUT2D eigenvalue weighted by atomic mass is 9.97. The smallest absolute Gasteiger partial charge is 0.293 e. The van der Waals surface area contributed by atoms with Gasteiger partial charge in [-0.1, -0.05) is 18.2 Å².